The fourth-order valence-electron chi connectivity index (χ4n) is 3.14. The van der Waals surface area contributed by atoms with Gasteiger partial charge in [0.1, 0.15) is 6.61 Å². The third-order valence-corrected chi connectivity index (χ3v) is 4.83. The molecule has 2 rings (SSSR count). The summed E-state index contributed by atoms with van der Waals surface area (Å²) < 4.78 is 15.7. The second kappa shape index (κ2) is 15.6. The van der Waals surface area contributed by atoms with Crippen molar-refractivity contribution in [2.45, 2.75) is 34.1 Å². The molecule has 0 bridgehead atoms. The van der Waals surface area contributed by atoms with Crippen molar-refractivity contribution in [3.8, 4) is 0 Å². The molecule has 31 heavy (non-hydrogen) atoms. The number of carbonyl (C=O) groups is 1. The monoisotopic (exact) mass is 433 g/mol. The molecule has 0 fully saturated rings. The zero-order chi connectivity index (χ0) is 23.1. The van der Waals surface area contributed by atoms with Crippen molar-refractivity contribution in [2.24, 2.45) is 4.99 Å². The standard InChI is InChI=1S/C22H33N3O4.C2H6/c1-5-19(23-6-2)16-25-10-9-18-7-8-20(15-21(18)25)24(3)22(26)17-29-14-13-28-12-11-27-4;1-2/h5-8,15H,9-14,16-17H2,1-4H3;1-2H3/b19-5-,23-6?;. The van der Waals surface area contributed by atoms with E-state index in [1.807, 2.05) is 46.1 Å². The van der Waals surface area contributed by atoms with Crippen molar-refractivity contribution >= 4 is 23.5 Å². The fourth-order valence-corrected chi connectivity index (χ4v) is 3.14. The Morgan fingerprint density at radius 2 is 1.87 bits per heavy atom. The Balaban J connectivity index is 0.00000233. The first-order valence-electron chi connectivity index (χ1n) is 11.0. The number of hydrogen-bond donors (Lipinski definition) is 0. The van der Waals surface area contributed by atoms with Crippen molar-refractivity contribution in [2.75, 3.05) is 70.1 Å². The van der Waals surface area contributed by atoms with E-state index in [4.69, 9.17) is 14.2 Å². The molecule has 0 N–H and O–H groups in total. The van der Waals surface area contributed by atoms with Crippen LogP contribution in [-0.4, -0.2) is 72.4 Å². The van der Waals surface area contributed by atoms with Gasteiger partial charge in [-0.3, -0.25) is 9.79 Å². The lowest BCUT2D eigenvalue weighted by molar-refractivity contribution is -0.123. The van der Waals surface area contributed by atoms with E-state index in [0.29, 0.717) is 26.4 Å². The maximum absolute atomic E-state index is 12.5. The molecule has 1 amide bonds. The van der Waals surface area contributed by atoms with Gasteiger partial charge in [-0.15, -0.1) is 0 Å². The van der Waals surface area contributed by atoms with Crippen LogP contribution in [0.3, 0.4) is 0 Å². The van der Waals surface area contributed by atoms with Gasteiger partial charge in [-0.1, -0.05) is 26.0 Å². The van der Waals surface area contributed by atoms with Crippen LogP contribution >= 0.6 is 0 Å². The molecule has 0 aromatic heterocycles. The summed E-state index contributed by atoms with van der Waals surface area (Å²) in [7, 11) is 3.41. The van der Waals surface area contributed by atoms with E-state index in [2.05, 4.69) is 22.0 Å². The first-order chi connectivity index (χ1) is 15.1. The van der Waals surface area contributed by atoms with Crippen LogP contribution in [0.5, 0.6) is 0 Å². The number of hydrogen-bond acceptors (Lipinski definition) is 6. The van der Waals surface area contributed by atoms with E-state index >= 15 is 0 Å². The lowest BCUT2D eigenvalue weighted by atomic mass is 10.1. The molecule has 0 saturated heterocycles. The smallest absolute Gasteiger partial charge is 0.252 e. The maximum Gasteiger partial charge on any atom is 0.252 e. The summed E-state index contributed by atoms with van der Waals surface area (Å²) in [6, 6.07) is 6.18. The molecule has 0 atom stereocenters. The minimum atomic E-state index is -0.0869. The molecule has 1 heterocycles. The maximum atomic E-state index is 12.5. The number of rotatable bonds is 12. The van der Waals surface area contributed by atoms with Gasteiger partial charge in [0, 0.05) is 38.3 Å². The van der Waals surface area contributed by atoms with Gasteiger partial charge in [0.2, 0.25) is 0 Å². The molecule has 0 spiro atoms. The van der Waals surface area contributed by atoms with Crippen LogP contribution in [0.4, 0.5) is 11.4 Å². The first kappa shape index (κ1) is 26.8. The number of ether oxygens (including phenoxy) is 3. The third-order valence-electron chi connectivity index (χ3n) is 4.83. The number of likely N-dealkylation sites (N-methyl/N-ethyl adjacent to an activating group) is 1. The van der Waals surface area contributed by atoms with E-state index in [1.54, 1.807) is 19.1 Å². The van der Waals surface area contributed by atoms with Crippen molar-refractivity contribution in [3.05, 3.63) is 35.5 Å². The molecular formula is C24H39N3O4. The van der Waals surface area contributed by atoms with Gasteiger partial charge < -0.3 is 24.0 Å². The number of anilines is 2. The van der Waals surface area contributed by atoms with Crippen molar-refractivity contribution in [1.29, 1.82) is 0 Å². The number of methoxy groups -OCH3 is 1. The SMILES string of the molecule is CC.CC=N/C(=C\C)CN1CCc2ccc(N(C)C(=O)COCCOCCOC)cc21. The number of aliphatic imine (C=N–C) groups is 1. The van der Waals surface area contributed by atoms with Crippen LogP contribution in [0.15, 0.2) is 35.0 Å². The van der Waals surface area contributed by atoms with Gasteiger partial charge in [0.25, 0.3) is 5.91 Å². The van der Waals surface area contributed by atoms with Gasteiger partial charge in [0.15, 0.2) is 0 Å². The summed E-state index contributed by atoms with van der Waals surface area (Å²) in [6.07, 6.45) is 4.86. The molecule has 7 heteroatoms. The van der Waals surface area contributed by atoms with E-state index in [9.17, 15) is 4.79 Å². The van der Waals surface area contributed by atoms with Gasteiger partial charge in [-0.2, -0.15) is 0 Å². The Hall–Kier alpha value is -2.22. The second-order valence-electron chi connectivity index (χ2n) is 6.76. The predicted octanol–water partition coefficient (Wildman–Crippen LogP) is 3.71. The molecular weight excluding hydrogens is 394 g/mol. The molecule has 0 unspecified atom stereocenters. The van der Waals surface area contributed by atoms with Crippen molar-refractivity contribution in [3.63, 3.8) is 0 Å². The highest BCUT2D eigenvalue weighted by molar-refractivity contribution is 5.94. The van der Waals surface area contributed by atoms with Crippen LogP contribution in [-0.2, 0) is 25.4 Å². The Morgan fingerprint density at radius 3 is 2.55 bits per heavy atom. The number of fused-ring (bicyclic) bond motifs is 1. The number of allylic oxidation sites excluding steroid dienone is 1. The average molecular weight is 434 g/mol. The van der Waals surface area contributed by atoms with Gasteiger partial charge in [0.05, 0.1) is 38.7 Å². The lowest BCUT2D eigenvalue weighted by Crippen LogP contribution is -2.31. The number of benzene rings is 1. The molecule has 1 aliphatic heterocycles. The van der Waals surface area contributed by atoms with Crippen LogP contribution in [0, 0.1) is 0 Å². The summed E-state index contributed by atoms with van der Waals surface area (Å²) in [5.41, 5.74) is 4.37. The Bertz CT molecular complexity index is 719. The first-order valence-corrected chi connectivity index (χ1v) is 11.0. The molecule has 174 valence electrons. The fraction of sp³-hybridized carbons (Fsp3) is 0.583. The topological polar surface area (TPSA) is 63.6 Å². The van der Waals surface area contributed by atoms with Gasteiger partial charge in [-0.25, -0.2) is 0 Å². The molecule has 7 nitrogen and oxygen atoms in total. The predicted molar refractivity (Wildman–Crippen MR) is 129 cm³/mol. The second-order valence-corrected chi connectivity index (χ2v) is 6.76. The number of nitrogens with zero attached hydrogens (tertiary/aromatic N) is 3. The van der Waals surface area contributed by atoms with Crippen LogP contribution in [0.1, 0.15) is 33.3 Å². The summed E-state index contributed by atoms with van der Waals surface area (Å²) in [4.78, 5) is 20.8. The molecule has 1 aliphatic rings. The van der Waals surface area contributed by atoms with E-state index in [1.165, 1.54) is 11.3 Å². The van der Waals surface area contributed by atoms with Gasteiger partial charge >= 0.3 is 0 Å². The zero-order valence-electron chi connectivity index (χ0n) is 20.0. The highest BCUT2D eigenvalue weighted by Gasteiger charge is 2.21. The highest BCUT2D eigenvalue weighted by atomic mass is 16.5. The Labute approximate surface area is 187 Å². The Morgan fingerprint density at radius 1 is 1.16 bits per heavy atom. The summed E-state index contributed by atoms with van der Waals surface area (Å²) >= 11 is 0. The Kier molecular flexibility index (Phi) is 13.5. The minimum absolute atomic E-state index is 0.0267. The molecule has 1 aromatic rings. The summed E-state index contributed by atoms with van der Waals surface area (Å²) in [6.45, 7) is 11.6. The third kappa shape index (κ3) is 8.81. The quantitative estimate of drug-likeness (QED) is 0.371. The number of amides is 1. The molecule has 0 radical (unpaired) electrons. The van der Waals surface area contributed by atoms with Crippen molar-refractivity contribution < 1.29 is 19.0 Å². The summed E-state index contributed by atoms with van der Waals surface area (Å²) in [5, 5.41) is 0. The van der Waals surface area contributed by atoms with Gasteiger partial charge in [-0.05, 0) is 38.0 Å². The number of carbonyl (C=O) groups excluding carboxylic acids is 1. The minimum Gasteiger partial charge on any atom is -0.382 e. The van der Waals surface area contributed by atoms with Crippen molar-refractivity contribution in [1.82, 2.24) is 0 Å². The molecule has 1 aromatic carbocycles. The molecule has 0 aliphatic carbocycles. The van der Waals surface area contributed by atoms with E-state index in [-0.39, 0.29) is 12.5 Å². The lowest BCUT2D eigenvalue weighted by Gasteiger charge is -2.23. The van der Waals surface area contributed by atoms with E-state index in [0.717, 1.165) is 30.9 Å². The largest absolute Gasteiger partial charge is 0.382 e. The summed E-state index contributed by atoms with van der Waals surface area (Å²) in [5.74, 6) is -0.0869. The molecule has 0 saturated carbocycles. The average Bonchev–Trinajstić information content (AvgIpc) is 3.20. The highest BCUT2D eigenvalue weighted by Crippen LogP contribution is 2.32. The zero-order valence-corrected chi connectivity index (χ0v) is 20.0. The van der Waals surface area contributed by atoms with Crippen LogP contribution < -0.4 is 9.80 Å². The van der Waals surface area contributed by atoms with Crippen LogP contribution in [0.2, 0.25) is 0 Å². The van der Waals surface area contributed by atoms with E-state index < -0.39 is 0 Å². The van der Waals surface area contributed by atoms with Crippen LogP contribution in [0.25, 0.3) is 0 Å². The normalized spacial score (nSPS) is 13.2.